The van der Waals surface area contributed by atoms with E-state index in [0.29, 0.717) is 6.04 Å². The van der Waals surface area contributed by atoms with Crippen molar-refractivity contribution in [2.24, 2.45) is 0 Å². The number of hydrogen-bond donors (Lipinski definition) is 2. The third-order valence-corrected chi connectivity index (χ3v) is 3.35. The van der Waals surface area contributed by atoms with Gasteiger partial charge in [0.2, 0.25) is 0 Å². The molecule has 0 amide bonds. The van der Waals surface area contributed by atoms with E-state index in [9.17, 15) is 13.9 Å². The average molecular weight is 257 g/mol. The van der Waals surface area contributed by atoms with Gasteiger partial charge in [-0.15, -0.1) is 0 Å². The highest BCUT2D eigenvalue weighted by Crippen LogP contribution is 2.23. The van der Waals surface area contributed by atoms with Gasteiger partial charge in [0.25, 0.3) is 0 Å². The number of hydrogen-bond acceptors (Lipinski definition) is 3. The summed E-state index contributed by atoms with van der Waals surface area (Å²) in [6.45, 7) is 0.254. The van der Waals surface area contributed by atoms with E-state index >= 15 is 0 Å². The molecule has 1 aliphatic rings. The summed E-state index contributed by atoms with van der Waals surface area (Å²) in [5.41, 5.74) is 0.117. The monoisotopic (exact) mass is 257 g/mol. The van der Waals surface area contributed by atoms with Gasteiger partial charge in [-0.05, 0) is 18.9 Å². The SMILES string of the molecule is COC1CC(NCC(O)c2ccc(F)cc2F)C1. The molecule has 3 nitrogen and oxygen atoms in total. The molecule has 1 fully saturated rings. The second-order valence-corrected chi connectivity index (χ2v) is 4.62. The van der Waals surface area contributed by atoms with Gasteiger partial charge in [-0.1, -0.05) is 6.07 Å². The van der Waals surface area contributed by atoms with Crippen LogP contribution in [0.1, 0.15) is 24.5 Å². The normalized spacial score (nSPS) is 24.7. The van der Waals surface area contributed by atoms with Gasteiger partial charge in [0.05, 0.1) is 12.2 Å². The molecule has 2 rings (SSSR count). The zero-order valence-electron chi connectivity index (χ0n) is 10.2. The molecule has 0 saturated heterocycles. The van der Waals surface area contributed by atoms with Crippen molar-refractivity contribution in [3.05, 3.63) is 35.4 Å². The van der Waals surface area contributed by atoms with E-state index in [0.717, 1.165) is 25.0 Å². The highest BCUT2D eigenvalue weighted by atomic mass is 19.1. The molecule has 18 heavy (non-hydrogen) atoms. The second-order valence-electron chi connectivity index (χ2n) is 4.62. The van der Waals surface area contributed by atoms with Crippen LogP contribution in [0.25, 0.3) is 0 Å². The summed E-state index contributed by atoms with van der Waals surface area (Å²) in [7, 11) is 1.67. The summed E-state index contributed by atoms with van der Waals surface area (Å²) >= 11 is 0. The van der Waals surface area contributed by atoms with Gasteiger partial charge in [-0.2, -0.15) is 0 Å². The Morgan fingerprint density at radius 2 is 2.17 bits per heavy atom. The molecule has 0 aromatic heterocycles. The topological polar surface area (TPSA) is 41.5 Å². The number of rotatable bonds is 5. The molecule has 0 aliphatic heterocycles. The van der Waals surface area contributed by atoms with Gasteiger partial charge < -0.3 is 15.2 Å². The number of benzene rings is 1. The molecular formula is C13H17F2NO2. The Morgan fingerprint density at radius 3 is 2.78 bits per heavy atom. The van der Waals surface area contributed by atoms with Crippen molar-refractivity contribution >= 4 is 0 Å². The van der Waals surface area contributed by atoms with Crippen molar-refractivity contribution in [3.63, 3.8) is 0 Å². The van der Waals surface area contributed by atoms with E-state index in [1.165, 1.54) is 6.07 Å². The summed E-state index contributed by atoms with van der Waals surface area (Å²) in [5, 5.41) is 13.0. The Kier molecular flexibility index (Phi) is 4.27. The quantitative estimate of drug-likeness (QED) is 0.844. The van der Waals surface area contributed by atoms with E-state index in [-0.39, 0.29) is 18.2 Å². The predicted octanol–water partition coefficient (Wildman–Crippen LogP) is 1.77. The Bertz CT molecular complexity index is 408. The summed E-state index contributed by atoms with van der Waals surface area (Å²) in [6, 6.07) is 3.50. The zero-order valence-corrected chi connectivity index (χ0v) is 10.2. The molecular weight excluding hydrogens is 240 g/mol. The summed E-state index contributed by atoms with van der Waals surface area (Å²) in [5.74, 6) is -1.36. The van der Waals surface area contributed by atoms with Crippen LogP contribution in [0, 0.1) is 11.6 Å². The molecule has 0 spiro atoms. The third-order valence-electron chi connectivity index (χ3n) is 3.35. The molecule has 0 bridgehead atoms. The Balaban J connectivity index is 1.83. The van der Waals surface area contributed by atoms with Gasteiger partial charge in [0.15, 0.2) is 0 Å². The number of methoxy groups -OCH3 is 1. The van der Waals surface area contributed by atoms with E-state index in [2.05, 4.69) is 5.32 Å². The summed E-state index contributed by atoms with van der Waals surface area (Å²) in [6.07, 6.45) is 1.11. The Hall–Kier alpha value is -1.04. The van der Waals surface area contributed by atoms with Crippen molar-refractivity contribution in [1.29, 1.82) is 0 Å². The lowest BCUT2D eigenvalue weighted by Gasteiger charge is -2.35. The molecule has 5 heteroatoms. The zero-order chi connectivity index (χ0) is 13.1. The number of halogens is 2. The molecule has 1 saturated carbocycles. The number of nitrogens with one attached hydrogen (secondary N) is 1. The molecule has 0 radical (unpaired) electrons. The Morgan fingerprint density at radius 1 is 1.44 bits per heavy atom. The van der Waals surface area contributed by atoms with Crippen LogP contribution in [0.15, 0.2) is 18.2 Å². The van der Waals surface area contributed by atoms with Crippen LogP contribution < -0.4 is 5.32 Å². The fourth-order valence-electron chi connectivity index (χ4n) is 2.08. The average Bonchev–Trinajstić information content (AvgIpc) is 2.26. The van der Waals surface area contributed by atoms with Crippen molar-refractivity contribution in [1.82, 2.24) is 5.32 Å². The highest BCUT2D eigenvalue weighted by Gasteiger charge is 2.29. The minimum absolute atomic E-state index is 0.117. The number of aliphatic hydroxyl groups is 1. The molecule has 100 valence electrons. The predicted molar refractivity (Wildman–Crippen MR) is 63.1 cm³/mol. The smallest absolute Gasteiger partial charge is 0.131 e. The van der Waals surface area contributed by atoms with Crippen LogP contribution in [0.3, 0.4) is 0 Å². The first-order valence-electron chi connectivity index (χ1n) is 5.99. The van der Waals surface area contributed by atoms with Gasteiger partial charge in [-0.3, -0.25) is 0 Å². The lowest BCUT2D eigenvalue weighted by molar-refractivity contribution is 0.0136. The molecule has 0 heterocycles. The van der Waals surface area contributed by atoms with E-state index in [1.807, 2.05) is 0 Å². The van der Waals surface area contributed by atoms with Crippen LogP contribution in [-0.4, -0.2) is 30.9 Å². The maximum absolute atomic E-state index is 13.4. The van der Waals surface area contributed by atoms with E-state index in [1.54, 1.807) is 7.11 Å². The van der Waals surface area contributed by atoms with Crippen molar-refractivity contribution in [2.45, 2.75) is 31.1 Å². The van der Waals surface area contributed by atoms with Crippen LogP contribution >= 0.6 is 0 Å². The van der Waals surface area contributed by atoms with E-state index in [4.69, 9.17) is 4.74 Å². The van der Waals surface area contributed by atoms with Gasteiger partial charge in [0.1, 0.15) is 11.6 Å². The molecule has 1 aromatic carbocycles. The fourth-order valence-corrected chi connectivity index (χ4v) is 2.08. The minimum Gasteiger partial charge on any atom is -0.387 e. The molecule has 1 aromatic rings. The third kappa shape index (κ3) is 3.04. The second kappa shape index (κ2) is 5.73. The van der Waals surface area contributed by atoms with E-state index < -0.39 is 17.7 Å². The van der Waals surface area contributed by atoms with Crippen LogP contribution in [-0.2, 0) is 4.74 Å². The largest absolute Gasteiger partial charge is 0.387 e. The van der Waals surface area contributed by atoms with Crippen molar-refractivity contribution < 1.29 is 18.6 Å². The summed E-state index contributed by atoms with van der Waals surface area (Å²) in [4.78, 5) is 0. The summed E-state index contributed by atoms with van der Waals surface area (Å²) < 4.78 is 31.2. The highest BCUT2D eigenvalue weighted by molar-refractivity contribution is 5.21. The van der Waals surface area contributed by atoms with Crippen LogP contribution in [0.4, 0.5) is 8.78 Å². The molecule has 1 aliphatic carbocycles. The van der Waals surface area contributed by atoms with Crippen molar-refractivity contribution in [2.75, 3.05) is 13.7 Å². The molecule has 1 atom stereocenters. The van der Waals surface area contributed by atoms with Crippen molar-refractivity contribution in [3.8, 4) is 0 Å². The first-order chi connectivity index (χ1) is 8.60. The standard InChI is InChI=1S/C13H17F2NO2/c1-18-10-5-9(6-10)16-7-13(17)11-3-2-8(14)4-12(11)15/h2-4,9-10,13,16-17H,5-7H2,1H3. The maximum atomic E-state index is 13.4. The molecule has 1 unspecified atom stereocenters. The van der Waals surface area contributed by atoms with Gasteiger partial charge in [0, 0.05) is 31.3 Å². The molecule has 2 N–H and O–H groups in total. The lowest BCUT2D eigenvalue weighted by Crippen LogP contribution is -2.46. The van der Waals surface area contributed by atoms with Gasteiger partial charge in [-0.25, -0.2) is 8.78 Å². The van der Waals surface area contributed by atoms with Crippen LogP contribution in [0.5, 0.6) is 0 Å². The fraction of sp³-hybridized carbons (Fsp3) is 0.538. The van der Waals surface area contributed by atoms with Gasteiger partial charge >= 0.3 is 0 Å². The lowest BCUT2D eigenvalue weighted by atomic mass is 9.89. The maximum Gasteiger partial charge on any atom is 0.131 e. The first-order valence-corrected chi connectivity index (χ1v) is 5.99. The number of aliphatic hydroxyl groups excluding tert-OH is 1. The number of ether oxygens (including phenoxy) is 1. The minimum atomic E-state index is -0.966. The Labute approximate surface area is 105 Å². The van der Waals surface area contributed by atoms with Crippen LogP contribution in [0.2, 0.25) is 0 Å². The first kappa shape index (κ1) is 13.4.